The molecule has 0 saturated carbocycles. The SMILES string of the molecule is CC(=O)CC(N)c1ccc2c(c1)NC(=O)C(C)O2. The minimum absolute atomic E-state index is 0.0362. The smallest absolute Gasteiger partial charge is 0.265 e. The van der Waals surface area contributed by atoms with E-state index < -0.39 is 6.10 Å². The van der Waals surface area contributed by atoms with E-state index in [4.69, 9.17) is 10.5 Å². The Morgan fingerprint density at radius 3 is 2.94 bits per heavy atom. The molecule has 1 aliphatic rings. The monoisotopic (exact) mass is 248 g/mol. The number of ketones is 1. The van der Waals surface area contributed by atoms with E-state index in [0.717, 1.165) is 5.56 Å². The minimum atomic E-state index is -0.491. The zero-order valence-corrected chi connectivity index (χ0v) is 10.4. The van der Waals surface area contributed by atoms with Crippen LogP contribution in [0.2, 0.25) is 0 Å². The number of rotatable bonds is 3. The van der Waals surface area contributed by atoms with Gasteiger partial charge in [0.15, 0.2) is 6.10 Å². The highest BCUT2D eigenvalue weighted by molar-refractivity contribution is 5.97. The number of anilines is 1. The van der Waals surface area contributed by atoms with Crippen molar-refractivity contribution < 1.29 is 14.3 Å². The van der Waals surface area contributed by atoms with Crippen molar-refractivity contribution in [2.24, 2.45) is 5.73 Å². The lowest BCUT2D eigenvalue weighted by Gasteiger charge is -2.24. The molecule has 18 heavy (non-hydrogen) atoms. The average molecular weight is 248 g/mol. The van der Waals surface area contributed by atoms with Crippen molar-refractivity contribution in [1.82, 2.24) is 0 Å². The predicted octanol–water partition coefficient (Wildman–Crippen LogP) is 1.38. The van der Waals surface area contributed by atoms with Crippen LogP contribution in [0.3, 0.4) is 0 Å². The van der Waals surface area contributed by atoms with Gasteiger partial charge in [-0.15, -0.1) is 0 Å². The standard InChI is InChI=1S/C13H16N2O3/c1-7(16)5-10(14)9-3-4-12-11(6-9)15-13(17)8(2)18-12/h3-4,6,8,10H,5,14H2,1-2H3,(H,15,17). The van der Waals surface area contributed by atoms with E-state index in [0.29, 0.717) is 11.4 Å². The number of nitrogens with one attached hydrogen (secondary N) is 1. The van der Waals surface area contributed by atoms with Crippen LogP contribution in [0.1, 0.15) is 31.9 Å². The number of amides is 1. The summed E-state index contributed by atoms with van der Waals surface area (Å²) >= 11 is 0. The largest absolute Gasteiger partial charge is 0.479 e. The maximum absolute atomic E-state index is 11.5. The van der Waals surface area contributed by atoms with Crippen LogP contribution in [0.15, 0.2) is 18.2 Å². The molecule has 0 fully saturated rings. The van der Waals surface area contributed by atoms with Gasteiger partial charge in [-0.3, -0.25) is 9.59 Å². The quantitative estimate of drug-likeness (QED) is 0.846. The number of carbonyl (C=O) groups is 2. The number of hydrogen-bond donors (Lipinski definition) is 2. The zero-order valence-electron chi connectivity index (χ0n) is 10.4. The summed E-state index contributed by atoms with van der Waals surface area (Å²) in [5, 5.41) is 2.75. The van der Waals surface area contributed by atoms with Gasteiger partial charge in [0.05, 0.1) is 5.69 Å². The van der Waals surface area contributed by atoms with Gasteiger partial charge in [0.1, 0.15) is 11.5 Å². The van der Waals surface area contributed by atoms with Crippen LogP contribution in [0, 0.1) is 0 Å². The van der Waals surface area contributed by atoms with Gasteiger partial charge in [0, 0.05) is 12.5 Å². The first kappa shape index (κ1) is 12.6. The molecule has 1 heterocycles. The Bertz CT molecular complexity index is 499. The Morgan fingerprint density at radius 2 is 2.28 bits per heavy atom. The van der Waals surface area contributed by atoms with Gasteiger partial charge in [-0.25, -0.2) is 0 Å². The van der Waals surface area contributed by atoms with E-state index in [-0.39, 0.29) is 24.2 Å². The van der Waals surface area contributed by atoms with Crippen LogP contribution in [0.4, 0.5) is 5.69 Å². The van der Waals surface area contributed by atoms with Crippen LogP contribution < -0.4 is 15.8 Å². The number of carbonyl (C=O) groups excluding carboxylic acids is 2. The molecule has 0 aliphatic carbocycles. The molecule has 2 unspecified atom stereocenters. The molecule has 2 atom stereocenters. The number of ether oxygens (including phenoxy) is 1. The van der Waals surface area contributed by atoms with E-state index in [2.05, 4.69) is 5.32 Å². The summed E-state index contributed by atoms with van der Waals surface area (Å²) in [4.78, 5) is 22.5. The first-order chi connectivity index (χ1) is 8.47. The molecule has 5 nitrogen and oxygen atoms in total. The van der Waals surface area contributed by atoms with Crippen molar-refractivity contribution in [3.63, 3.8) is 0 Å². The Balaban J connectivity index is 2.24. The number of benzene rings is 1. The molecule has 1 aromatic rings. The third-order valence-electron chi connectivity index (χ3n) is 2.87. The number of nitrogens with two attached hydrogens (primary N) is 1. The summed E-state index contributed by atoms with van der Waals surface area (Å²) in [6.07, 6.45) is -0.210. The summed E-state index contributed by atoms with van der Waals surface area (Å²) in [6, 6.07) is 4.98. The fraction of sp³-hybridized carbons (Fsp3) is 0.385. The topological polar surface area (TPSA) is 81.4 Å². The van der Waals surface area contributed by atoms with Gasteiger partial charge < -0.3 is 15.8 Å². The molecule has 96 valence electrons. The fourth-order valence-electron chi connectivity index (χ4n) is 1.88. The van der Waals surface area contributed by atoms with Crippen LogP contribution >= 0.6 is 0 Å². The summed E-state index contributed by atoms with van der Waals surface area (Å²) in [7, 11) is 0. The number of Topliss-reactive ketones (excluding diaryl/α,β-unsaturated/α-hetero) is 1. The molecule has 1 aromatic carbocycles. The highest BCUT2D eigenvalue weighted by Gasteiger charge is 2.24. The summed E-state index contributed by atoms with van der Waals surface area (Å²) < 4.78 is 5.44. The second-order valence-electron chi connectivity index (χ2n) is 4.52. The molecule has 0 bridgehead atoms. The molecule has 1 amide bonds. The van der Waals surface area contributed by atoms with Crippen molar-refractivity contribution >= 4 is 17.4 Å². The number of fused-ring (bicyclic) bond motifs is 1. The molecule has 3 N–H and O–H groups in total. The lowest BCUT2D eigenvalue weighted by Crippen LogP contribution is -2.34. The molecule has 0 aromatic heterocycles. The van der Waals surface area contributed by atoms with E-state index in [1.165, 1.54) is 6.92 Å². The third-order valence-corrected chi connectivity index (χ3v) is 2.87. The second kappa shape index (κ2) is 4.78. The Hall–Kier alpha value is -1.88. The Morgan fingerprint density at radius 1 is 1.56 bits per heavy atom. The van der Waals surface area contributed by atoms with E-state index in [9.17, 15) is 9.59 Å². The van der Waals surface area contributed by atoms with Crippen LogP contribution in [0.25, 0.3) is 0 Å². The third kappa shape index (κ3) is 2.51. The van der Waals surface area contributed by atoms with Crippen LogP contribution in [-0.4, -0.2) is 17.8 Å². The van der Waals surface area contributed by atoms with Crippen molar-refractivity contribution in [2.75, 3.05) is 5.32 Å². The fourth-order valence-corrected chi connectivity index (χ4v) is 1.88. The summed E-state index contributed by atoms with van der Waals surface area (Å²) in [5.74, 6) is 0.481. The maximum atomic E-state index is 11.5. The van der Waals surface area contributed by atoms with Crippen molar-refractivity contribution in [3.8, 4) is 5.75 Å². The first-order valence-electron chi connectivity index (χ1n) is 5.84. The van der Waals surface area contributed by atoms with Gasteiger partial charge in [-0.2, -0.15) is 0 Å². The van der Waals surface area contributed by atoms with E-state index in [1.807, 2.05) is 6.07 Å². The van der Waals surface area contributed by atoms with Gasteiger partial charge >= 0.3 is 0 Å². The second-order valence-corrected chi connectivity index (χ2v) is 4.52. The zero-order chi connectivity index (χ0) is 13.3. The highest BCUT2D eigenvalue weighted by atomic mass is 16.5. The Labute approximate surface area is 105 Å². The van der Waals surface area contributed by atoms with Crippen molar-refractivity contribution in [1.29, 1.82) is 0 Å². The van der Waals surface area contributed by atoms with Crippen LogP contribution in [0.5, 0.6) is 5.75 Å². The molecule has 1 aliphatic heterocycles. The van der Waals surface area contributed by atoms with Crippen LogP contribution in [-0.2, 0) is 9.59 Å². The first-order valence-corrected chi connectivity index (χ1v) is 5.84. The molecule has 0 saturated heterocycles. The minimum Gasteiger partial charge on any atom is -0.479 e. The van der Waals surface area contributed by atoms with Gasteiger partial charge in [-0.1, -0.05) is 6.07 Å². The van der Waals surface area contributed by atoms with Gasteiger partial charge in [0.2, 0.25) is 0 Å². The van der Waals surface area contributed by atoms with E-state index in [1.54, 1.807) is 19.1 Å². The Kier molecular flexibility index (Phi) is 3.34. The normalized spacial score (nSPS) is 19.5. The van der Waals surface area contributed by atoms with Gasteiger partial charge in [0.25, 0.3) is 5.91 Å². The van der Waals surface area contributed by atoms with E-state index >= 15 is 0 Å². The average Bonchev–Trinajstić information content (AvgIpc) is 2.29. The molecule has 0 radical (unpaired) electrons. The molecule has 2 rings (SSSR count). The van der Waals surface area contributed by atoms with Crippen molar-refractivity contribution in [3.05, 3.63) is 23.8 Å². The molecule has 5 heteroatoms. The van der Waals surface area contributed by atoms with Gasteiger partial charge in [-0.05, 0) is 31.5 Å². The lowest BCUT2D eigenvalue weighted by atomic mass is 10.0. The van der Waals surface area contributed by atoms with Crippen molar-refractivity contribution in [2.45, 2.75) is 32.4 Å². The molecular weight excluding hydrogens is 232 g/mol. The highest BCUT2D eigenvalue weighted by Crippen LogP contribution is 2.32. The lowest BCUT2D eigenvalue weighted by molar-refractivity contribution is -0.122. The predicted molar refractivity (Wildman–Crippen MR) is 67.4 cm³/mol. The molecular formula is C13H16N2O3. The summed E-state index contributed by atoms with van der Waals surface area (Å²) in [5.41, 5.74) is 7.33. The molecule has 0 spiro atoms. The summed E-state index contributed by atoms with van der Waals surface area (Å²) in [6.45, 7) is 3.19. The maximum Gasteiger partial charge on any atom is 0.265 e. The number of hydrogen-bond acceptors (Lipinski definition) is 4.